The third kappa shape index (κ3) is 1.48. The van der Waals surface area contributed by atoms with Gasteiger partial charge in [0.1, 0.15) is 0 Å². The number of para-hydroxylation sites is 1. The first kappa shape index (κ1) is 9.54. The van der Waals surface area contributed by atoms with E-state index in [-0.39, 0.29) is 12.4 Å². The normalized spacial score (nSPS) is 9.54. The summed E-state index contributed by atoms with van der Waals surface area (Å²) in [6.45, 7) is 0. The lowest BCUT2D eigenvalue weighted by Gasteiger charge is -1.94. The highest BCUT2D eigenvalue weighted by molar-refractivity contribution is 5.88. The summed E-state index contributed by atoms with van der Waals surface area (Å²) in [5.74, 6) is 0. The highest BCUT2D eigenvalue weighted by atomic mass is 35.5. The van der Waals surface area contributed by atoms with Crippen molar-refractivity contribution in [3.63, 3.8) is 0 Å². The molecule has 1 amide bonds. The Labute approximate surface area is 80.7 Å². The van der Waals surface area contributed by atoms with Crippen molar-refractivity contribution in [1.29, 1.82) is 0 Å². The van der Waals surface area contributed by atoms with Gasteiger partial charge in [-0.25, -0.2) is 4.79 Å². The molecule has 0 spiro atoms. The summed E-state index contributed by atoms with van der Waals surface area (Å²) in [6.07, 6.45) is 1.61. The molecule has 13 heavy (non-hydrogen) atoms. The molecule has 0 radical (unpaired) electrons. The number of nitrogens with two attached hydrogens (primary N) is 1. The molecular formula is C8H8ClN3O. The van der Waals surface area contributed by atoms with Crippen LogP contribution in [-0.4, -0.2) is 15.8 Å². The van der Waals surface area contributed by atoms with Crippen molar-refractivity contribution in [3.05, 3.63) is 30.5 Å². The SMILES string of the molecule is Cl.NC(=O)n1ncc2ccccc21. The molecule has 0 atom stereocenters. The van der Waals surface area contributed by atoms with E-state index in [1.54, 1.807) is 12.3 Å². The Kier molecular flexibility index (Phi) is 2.53. The topological polar surface area (TPSA) is 60.9 Å². The molecule has 0 saturated heterocycles. The van der Waals surface area contributed by atoms with E-state index in [4.69, 9.17) is 5.73 Å². The molecule has 0 saturated carbocycles. The first-order valence-electron chi connectivity index (χ1n) is 3.51. The molecule has 1 heterocycles. The van der Waals surface area contributed by atoms with Crippen molar-refractivity contribution < 1.29 is 4.79 Å². The Hall–Kier alpha value is -1.55. The second kappa shape index (κ2) is 3.45. The summed E-state index contributed by atoms with van der Waals surface area (Å²) in [5.41, 5.74) is 5.83. The maximum Gasteiger partial charge on any atom is 0.340 e. The highest BCUT2D eigenvalue weighted by Crippen LogP contribution is 2.11. The van der Waals surface area contributed by atoms with Crippen molar-refractivity contribution in [3.8, 4) is 0 Å². The van der Waals surface area contributed by atoms with Gasteiger partial charge in [-0.1, -0.05) is 18.2 Å². The number of hydrogen-bond acceptors (Lipinski definition) is 2. The third-order valence-electron chi connectivity index (χ3n) is 1.69. The number of benzene rings is 1. The molecule has 0 aliphatic rings. The number of carbonyl (C=O) groups excluding carboxylic acids is 1. The average Bonchev–Trinajstić information content (AvgIpc) is 2.47. The molecule has 1 aromatic heterocycles. The Morgan fingerprint density at radius 3 is 2.77 bits per heavy atom. The van der Waals surface area contributed by atoms with Gasteiger partial charge in [-0.2, -0.15) is 9.78 Å². The minimum Gasteiger partial charge on any atom is -0.350 e. The molecule has 5 heteroatoms. The summed E-state index contributed by atoms with van der Waals surface area (Å²) in [7, 11) is 0. The summed E-state index contributed by atoms with van der Waals surface area (Å²) in [4.78, 5) is 10.8. The van der Waals surface area contributed by atoms with Gasteiger partial charge in [-0.15, -0.1) is 12.4 Å². The zero-order valence-corrected chi connectivity index (χ0v) is 7.49. The Bertz CT molecular complexity index is 438. The van der Waals surface area contributed by atoms with Crippen molar-refractivity contribution >= 4 is 29.3 Å². The highest BCUT2D eigenvalue weighted by Gasteiger charge is 2.04. The van der Waals surface area contributed by atoms with Crippen molar-refractivity contribution in [2.75, 3.05) is 0 Å². The fourth-order valence-corrected chi connectivity index (χ4v) is 1.15. The van der Waals surface area contributed by atoms with Gasteiger partial charge in [0, 0.05) is 5.39 Å². The Balaban J connectivity index is 0.000000845. The van der Waals surface area contributed by atoms with E-state index >= 15 is 0 Å². The fraction of sp³-hybridized carbons (Fsp3) is 0. The van der Waals surface area contributed by atoms with Gasteiger partial charge in [0.25, 0.3) is 0 Å². The molecule has 0 unspecified atom stereocenters. The predicted molar refractivity (Wildman–Crippen MR) is 52.0 cm³/mol. The lowest BCUT2D eigenvalue weighted by molar-refractivity contribution is 0.248. The average molecular weight is 198 g/mol. The van der Waals surface area contributed by atoms with E-state index < -0.39 is 6.03 Å². The number of halogens is 1. The summed E-state index contributed by atoms with van der Waals surface area (Å²) in [6, 6.07) is 6.84. The van der Waals surface area contributed by atoms with Crippen LogP contribution in [0.25, 0.3) is 10.9 Å². The van der Waals surface area contributed by atoms with Crippen LogP contribution in [0.1, 0.15) is 0 Å². The minimum atomic E-state index is -0.559. The number of amides is 1. The van der Waals surface area contributed by atoms with Gasteiger partial charge in [-0.05, 0) is 6.07 Å². The lowest BCUT2D eigenvalue weighted by Crippen LogP contribution is -2.20. The monoisotopic (exact) mass is 197 g/mol. The molecule has 0 fully saturated rings. The van der Waals surface area contributed by atoms with E-state index in [1.165, 1.54) is 4.68 Å². The molecule has 2 aromatic rings. The van der Waals surface area contributed by atoms with Crippen LogP contribution in [0.4, 0.5) is 4.79 Å². The summed E-state index contributed by atoms with van der Waals surface area (Å²) in [5, 5.41) is 4.75. The van der Waals surface area contributed by atoms with E-state index in [1.807, 2.05) is 18.2 Å². The molecule has 0 aliphatic carbocycles. The Morgan fingerprint density at radius 2 is 2.08 bits per heavy atom. The molecule has 2 rings (SSSR count). The quantitative estimate of drug-likeness (QED) is 0.694. The third-order valence-corrected chi connectivity index (χ3v) is 1.69. The molecule has 2 N–H and O–H groups in total. The maximum atomic E-state index is 10.8. The van der Waals surface area contributed by atoms with Gasteiger partial charge in [-0.3, -0.25) is 0 Å². The lowest BCUT2D eigenvalue weighted by atomic mass is 10.3. The molecular weight excluding hydrogens is 190 g/mol. The van der Waals surface area contributed by atoms with Crippen LogP contribution in [0.15, 0.2) is 30.5 Å². The van der Waals surface area contributed by atoms with E-state index in [0.29, 0.717) is 0 Å². The van der Waals surface area contributed by atoms with Crippen LogP contribution >= 0.6 is 12.4 Å². The minimum absolute atomic E-state index is 0. The predicted octanol–water partition coefficient (Wildman–Crippen LogP) is 1.38. The molecule has 1 aromatic carbocycles. The number of hydrogen-bond donors (Lipinski definition) is 1. The van der Waals surface area contributed by atoms with Crippen molar-refractivity contribution in [1.82, 2.24) is 9.78 Å². The van der Waals surface area contributed by atoms with Gasteiger partial charge in [0.05, 0.1) is 11.7 Å². The molecule has 0 bridgehead atoms. The van der Waals surface area contributed by atoms with Crippen LogP contribution in [0.5, 0.6) is 0 Å². The smallest absolute Gasteiger partial charge is 0.340 e. The molecule has 0 aliphatic heterocycles. The van der Waals surface area contributed by atoms with Gasteiger partial charge < -0.3 is 5.73 Å². The van der Waals surface area contributed by atoms with Crippen LogP contribution in [-0.2, 0) is 0 Å². The summed E-state index contributed by atoms with van der Waals surface area (Å²) < 4.78 is 1.18. The van der Waals surface area contributed by atoms with Crippen molar-refractivity contribution in [2.45, 2.75) is 0 Å². The first-order chi connectivity index (χ1) is 5.79. The van der Waals surface area contributed by atoms with Crippen LogP contribution in [0.3, 0.4) is 0 Å². The van der Waals surface area contributed by atoms with E-state index in [2.05, 4.69) is 5.10 Å². The molecule has 4 nitrogen and oxygen atoms in total. The number of carbonyl (C=O) groups is 1. The van der Waals surface area contributed by atoms with E-state index in [9.17, 15) is 4.79 Å². The number of primary amides is 1. The number of aromatic nitrogens is 2. The second-order valence-corrected chi connectivity index (χ2v) is 2.45. The number of fused-ring (bicyclic) bond motifs is 1. The second-order valence-electron chi connectivity index (χ2n) is 2.45. The van der Waals surface area contributed by atoms with E-state index in [0.717, 1.165) is 10.9 Å². The largest absolute Gasteiger partial charge is 0.350 e. The fourth-order valence-electron chi connectivity index (χ4n) is 1.15. The first-order valence-corrected chi connectivity index (χ1v) is 3.51. The summed E-state index contributed by atoms with van der Waals surface area (Å²) >= 11 is 0. The van der Waals surface area contributed by atoms with Gasteiger partial charge in [0.2, 0.25) is 0 Å². The Morgan fingerprint density at radius 1 is 1.38 bits per heavy atom. The molecule has 68 valence electrons. The van der Waals surface area contributed by atoms with Gasteiger partial charge in [0.15, 0.2) is 0 Å². The van der Waals surface area contributed by atoms with Crippen molar-refractivity contribution in [2.24, 2.45) is 5.73 Å². The standard InChI is InChI=1S/C8H7N3O.ClH/c9-8(12)11-7-4-2-1-3-6(7)5-10-11;/h1-5H,(H2,9,12);1H. The van der Waals surface area contributed by atoms with Crippen LogP contribution in [0, 0.1) is 0 Å². The number of nitrogens with zero attached hydrogens (tertiary/aromatic N) is 2. The maximum absolute atomic E-state index is 10.8. The zero-order chi connectivity index (χ0) is 8.55. The number of rotatable bonds is 0. The van der Waals surface area contributed by atoms with Crippen LogP contribution in [0.2, 0.25) is 0 Å². The van der Waals surface area contributed by atoms with Gasteiger partial charge >= 0.3 is 6.03 Å². The van der Waals surface area contributed by atoms with Crippen LogP contribution < -0.4 is 5.73 Å². The zero-order valence-electron chi connectivity index (χ0n) is 6.68.